The van der Waals surface area contributed by atoms with Crippen LogP contribution in [0, 0.1) is 0 Å². The third-order valence-corrected chi connectivity index (χ3v) is 3.05. The van der Waals surface area contributed by atoms with Crippen molar-refractivity contribution in [2.24, 2.45) is 10.7 Å². The summed E-state index contributed by atoms with van der Waals surface area (Å²) in [5.41, 5.74) is 5.38. The van der Waals surface area contributed by atoms with Crippen LogP contribution in [0.25, 0.3) is 0 Å². The fraction of sp³-hybridized carbons (Fsp3) is 0.600. The maximum absolute atomic E-state index is 14.2. The monoisotopic (exact) mass is 277 g/mol. The molecule has 4 unspecified atom stereocenters. The number of ether oxygens (including phenoxy) is 1. The lowest BCUT2D eigenvalue weighted by Gasteiger charge is -2.29. The van der Waals surface area contributed by atoms with Gasteiger partial charge in [-0.25, -0.2) is 4.39 Å². The van der Waals surface area contributed by atoms with E-state index in [0.717, 1.165) is 0 Å². The molecule has 3 N–H and O–H groups in total. The van der Waals surface area contributed by atoms with Crippen molar-refractivity contribution >= 4 is 21.5 Å². The van der Waals surface area contributed by atoms with Crippen LogP contribution in [0.3, 0.4) is 0 Å². The largest absolute Gasteiger partial charge is 0.394 e. The van der Waals surface area contributed by atoms with Crippen LogP contribution >= 0.6 is 9.24 Å². The molecule has 0 aromatic carbocycles. The van der Waals surface area contributed by atoms with Crippen LogP contribution in [0.1, 0.15) is 6.42 Å². The second-order valence-electron chi connectivity index (χ2n) is 4.06. The molecule has 8 heteroatoms. The summed E-state index contributed by atoms with van der Waals surface area (Å²) in [7, 11) is 3.70. The van der Waals surface area contributed by atoms with E-state index in [2.05, 4.69) is 14.2 Å². The Hall–Kier alpha value is -1.04. The number of amides is 1. The molecule has 1 aliphatic heterocycles. The van der Waals surface area contributed by atoms with Crippen LogP contribution in [-0.4, -0.2) is 53.6 Å². The number of aliphatic imine (C=N–C) groups is 1. The summed E-state index contributed by atoms with van der Waals surface area (Å²) in [6.45, 7) is -0.233. The SMILES string of the molecule is CN(/C=C\C(N)=NC=O)C1OC(CO)CC1(F)P. The van der Waals surface area contributed by atoms with Crippen molar-refractivity contribution < 1.29 is 19.0 Å². The van der Waals surface area contributed by atoms with E-state index in [1.54, 1.807) is 7.05 Å². The van der Waals surface area contributed by atoms with Gasteiger partial charge in [-0.05, 0) is 6.08 Å². The molecule has 18 heavy (non-hydrogen) atoms. The van der Waals surface area contributed by atoms with Crippen molar-refractivity contribution in [3.63, 3.8) is 0 Å². The van der Waals surface area contributed by atoms with E-state index in [1.807, 2.05) is 0 Å². The number of carbonyl (C=O) groups is 1. The molecule has 1 aliphatic rings. The molecule has 102 valence electrons. The number of nitrogens with two attached hydrogens (primary N) is 1. The maximum Gasteiger partial charge on any atom is 0.234 e. The smallest absolute Gasteiger partial charge is 0.234 e. The molecule has 0 radical (unpaired) electrons. The molecule has 6 nitrogen and oxygen atoms in total. The quantitative estimate of drug-likeness (QED) is 0.309. The summed E-state index contributed by atoms with van der Waals surface area (Å²) in [5, 5.41) is 7.32. The van der Waals surface area contributed by atoms with Crippen LogP contribution in [0.5, 0.6) is 0 Å². The summed E-state index contributed by atoms with van der Waals surface area (Å²) in [6, 6.07) is 0. The number of hydrogen-bond acceptors (Lipinski definition) is 4. The van der Waals surface area contributed by atoms with Crippen molar-refractivity contribution in [3.8, 4) is 0 Å². The molecule has 0 aromatic heterocycles. The van der Waals surface area contributed by atoms with E-state index in [1.165, 1.54) is 17.2 Å². The topological polar surface area (TPSA) is 88.2 Å². The molecule has 0 spiro atoms. The van der Waals surface area contributed by atoms with Gasteiger partial charge in [-0.15, -0.1) is 0 Å². The van der Waals surface area contributed by atoms with E-state index < -0.39 is 17.7 Å². The van der Waals surface area contributed by atoms with Gasteiger partial charge in [-0.1, -0.05) is 9.24 Å². The van der Waals surface area contributed by atoms with E-state index in [9.17, 15) is 9.18 Å². The summed E-state index contributed by atoms with van der Waals surface area (Å²) in [4.78, 5) is 14.8. The molecule has 0 saturated carbocycles. The average Bonchev–Trinajstić information content (AvgIpc) is 2.62. The molecule has 1 heterocycles. The number of halogens is 1. The van der Waals surface area contributed by atoms with Gasteiger partial charge in [0.15, 0.2) is 11.6 Å². The summed E-state index contributed by atoms with van der Waals surface area (Å²) in [5.74, 6) is 0.0155. The standard InChI is InChI=1S/C10H17FN3O3P/c1-14(3-2-8(12)13-6-16)9-10(11,18)4-7(5-15)17-9/h2-3,6-7,9,15H,4-5,18H2,1H3,(H2,12,13,16)/b3-2-. The maximum atomic E-state index is 14.2. The Morgan fingerprint density at radius 3 is 3.00 bits per heavy atom. The lowest BCUT2D eigenvalue weighted by molar-refractivity contribution is -0.106. The number of hydrogen-bond donors (Lipinski definition) is 2. The number of carbonyl (C=O) groups excluding carboxylic acids is 1. The predicted octanol–water partition coefficient (Wildman–Crippen LogP) is -0.406. The Bertz CT molecular complexity index is 362. The van der Waals surface area contributed by atoms with Crippen LogP contribution in [0.15, 0.2) is 17.3 Å². The second-order valence-corrected chi connectivity index (χ2v) is 5.02. The van der Waals surface area contributed by atoms with E-state index in [4.69, 9.17) is 15.6 Å². The Morgan fingerprint density at radius 2 is 2.50 bits per heavy atom. The van der Waals surface area contributed by atoms with E-state index in [-0.39, 0.29) is 18.9 Å². The molecule has 1 fully saturated rings. The molecular formula is C10H17FN3O3P. The van der Waals surface area contributed by atoms with Gasteiger partial charge < -0.3 is 20.5 Å². The highest BCUT2D eigenvalue weighted by molar-refractivity contribution is 7.18. The Balaban J connectivity index is 2.69. The normalized spacial score (nSPS) is 33.0. The first-order valence-electron chi connectivity index (χ1n) is 5.32. The molecule has 4 atom stereocenters. The minimum atomic E-state index is -1.65. The van der Waals surface area contributed by atoms with Gasteiger partial charge in [0.2, 0.25) is 6.41 Å². The van der Waals surface area contributed by atoms with Crippen LogP contribution in [0.4, 0.5) is 4.39 Å². The van der Waals surface area contributed by atoms with E-state index in [0.29, 0.717) is 6.41 Å². The number of aliphatic hydroxyl groups is 1. The second kappa shape index (κ2) is 6.22. The van der Waals surface area contributed by atoms with Crippen LogP contribution in [-0.2, 0) is 9.53 Å². The first-order chi connectivity index (χ1) is 8.40. The number of aliphatic hydroxyl groups excluding tert-OH is 1. The summed E-state index contributed by atoms with van der Waals surface area (Å²) < 4.78 is 19.5. The van der Waals surface area contributed by atoms with Crippen LogP contribution in [0.2, 0.25) is 0 Å². The van der Waals surface area contributed by atoms with Crippen LogP contribution < -0.4 is 5.73 Å². The van der Waals surface area contributed by atoms with Crippen molar-refractivity contribution in [2.45, 2.75) is 24.2 Å². The zero-order chi connectivity index (χ0) is 13.8. The molecule has 1 amide bonds. The van der Waals surface area contributed by atoms with Gasteiger partial charge in [-0.2, -0.15) is 4.99 Å². The van der Waals surface area contributed by atoms with Crippen molar-refractivity contribution in [1.82, 2.24) is 4.90 Å². The van der Waals surface area contributed by atoms with Crippen molar-refractivity contribution in [2.75, 3.05) is 13.7 Å². The van der Waals surface area contributed by atoms with Gasteiger partial charge in [0.05, 0.1) is 12.7 Å². The Labute approximate surface area is 107 Å². The molecular weight excluding hydrogens is 260 g/mol. The highest BCUT2D eigenvalue weighted by atomic mass is 31.0. The third kappa shape index (κ3) is 3.73. The van der Waals surface area contributed by atoms with Crippen molar-refractivity contribution in [1.29, 1.82) is 0 Å². The summed E-state index contributed by atoms with van der Waals surface area (Å²) >= 11 is 0. The first-order valence-corrected chi connectivity index (χ1v) is 5.89. The number of amidine groups is 1. The molecule has 0 bridgehead atoms. The predicted molar refractivity (Wildman–Crippen MR) is 68.5 cm³/mol. The van der Waals surface area contributed by atoms with Gasteiger partial charge in [0, 0.05) is 19.7 Å². The Kier molecular flexibility index (Phi) is 5.19. The van der Waals surface area contributed by atoms with Gasteiger partial charge >= 0.3 is 0 Å². The fourth-order valence-electron chi connectivity index (χ4n) is 1.71. The zero-order valence-corrected chi connectivity index (χ0v) is 11.1. The molecule has 0 aromatic rings. The number of alkyl halides is 1. The summed E-state index contributed by atoms with van der Waals surface area (Å²) in [6.07, 6.45) is 1.86. The lowest BCUT2D eigenvalue weighted by Crippen LogP contribution is -2.39. The molecule has 1 rings (SSSR count). The lowest BCUT2D eigenvalue weighted by atomic mass is 10.2. The molecule has 0 aliphatic carbocycles. The minimum absolute atomic E-state index is 0.0155. The highest BCUT2D eigenvalue weighted by Gasteiger charge is 2.47. The fourth-order valence-corrected chi connectivity index (χ4v) is 2.29. The van der Waals surface area contributed by atoms with Gasteiger partial charge in [0.1, 0.15) is 5.84 Å². The highest BCUT2D eigenvalue weighted by Crippen LogP contribution is 2.40. The number of rotatable bonds is 5. The van der Waals surface area contributed by atoms with Crippen molar-refractivity contribution in [3.05, 3.63) is 12.3 Å². The van der Waals surface area contributed by atoms with E-state index >= 15 is 0 Å². The van der Waals surface area contributed by atoms with Gasteiger partial charge in [0.25, 0.3) is 0 Å². The number of nitrogens with zero attached hydrogens (tertiary/aromatic N) is 2. The Morgan fingerprint density at radius 1 is 1.83 bits per heavy atom. The average molecular weight is 277 g/mol. The molecule has 1 saturated heterocycles. The van der Waals surface area contributed by atoms with Gasteiger partial charge in [-0.3, -0.25) is 4.79 Å². The third-order valence-electron chi connectivity index (χ3n) is 2.53. The zero-order valence-electron chi connectivity index (χ0n) is 9.99. The minimum Gasteiger partial charge on any atom is -0.394 e. The first kappa shape index (κ1) is 15.0.